The molecule has 0 aliphatic carbocycles. The molecule has 0 heterocycles. The average molecular weight is 209 g/mol. The monoisotopic (exact) mass is 209 g/mol. The molecule has 0 bridgehead atoms. The third kappa shape index (κ3) is 3.82. The molecule has 0 aliphatic rings. The van der Waals surface area contributed by atoms with Crippen molar-refractivity contribution in [1.29, 1.82) is 0 Å². The summed E-state index contributed by atoms with van der Waals surface area (Å²) in [7, 11) is -4.88. The van der Waals surface area contributed by atoms with Crippen molar-refractivity contribution in [3.8, 4) is 0 Å². The van der Waals surface area contributed by atoms with Gasteiger partial charge >= 0.3 is 0 Å². The van der Waals surface area contributed by atoms with Gasteiger partial charge in [-0.15, -0.1) is 0 Å². The third-order valence-electron chi connectivity index (χ3n) is 2.33. The molecule has 12 heavy (non-hydrogen) atoms. The second-order valence-electron chi connectivity index (χ2n) is 4.70. The first-order valence-corrected chi connectivity index (χ1v) is 8.77. The summed E-state index contributed by atoms with van der Waals surface area (Å²) in [5.41, 5.74) is 10.6. The quantitative estimate of drug-likeness (QED) is 0.476. The average Bonchev–Trinajstić information content (AvgIpc) is 1.52. The Morgan fingerprint density at radius 3 is 1.67 bits per heavy atom. The Kier molecular flexibility index (Phi) is 3.32. The van der Waals surface area contributed by atoms with Crippen LogP contribution in [0, 0.1) is 0 Å². The van der Waals surface area contributed by atoms with Gasteiger partial charge in [0.25, 0.3) is 7.59 Å². The summed E-state index contributed by atoms with van der Waals surface area (Å²) in [6.45, 7) is 10.4. The van der Waals surface area contributed by atoms with E-state index in [1.165, 1.54) is 0 Å². The largest absolute Gasteiger partial charge is 0.272 e. The second kappa shape index (κ2) is 3.23. The van der Waals surface area contributed by atoms with E-state index in [-0.39, 0.29) is 5.04 Å². The van der Waals surface area contributed by atoms with E-state index in [2.05, 4.69) is 38.6 Å². The summed E-state index contributed by atoms with van der Waals surface area (Å²) in [4.78, 5) is 0. The molecule has 74 valence electrons. The lowest BCUT2D eigenvalue weighted by atomic mass is 10.2. The molecule has 0 fully saturated rings. The Balaban J connectivity index is 4.56. The molecule has 0 amide bonds. The number of hydrogen-bond donors (Lipinski definition) is 3. The maximum Gasteiger partial charge on any atom is 0.267 e. The summed E-state index contributed by atoms with van der Waals surface area (Å²) in [6.07, 6.45) is 0. The van der Waals surface area contributed by atoms with Crippen molar-refractivity contribution in [2.45, 2.75) is 38.9 Å². The summed E-state index contributed by atoms with van der Waals surface area (Å²) < 4.78 is 14.0. The molecule has 0 atom stereocenters. The Bertz CT molecular complexity index is 205. The molecule has 0 aromatic carbocycles. The third-order valence-corrected chi connectivity index (χ3v) is 9.71. The van der Waals surface area contributed by atoms with Crippen molar-refractivity contribution in [3.05, 3.63) is 0 Å². The van der Waals surface area contributed by atoms with Gasteiger partial charge in [0.1, 0.15) is 8.24 Å². The molecule has 0 saturated heterocycles. The normalized spacial score (nSPS) is 14.9. The molecular formula is C6H20N3OPSi. The van der Waals surface area contributed by atoms with Crippen LogP contribution in [0.1, 0.15) is 20.8 Å². The molecule has 0 rings (SSSR count). The number of nitrogens with one attached hydrogen (secondary N) is 1. The molecular weight excluding hydrogens is 189 g/mol. The molecule has 0 spiro atoms. The van der Waals surface area contributed by atoms with Crippen LogP contribution in [0.2, 0.25) is 18.1 Å². The smallest absolute Gasteiger partial charge is 0.267 e. The van der Waals surface area contributed by atoms with Crippen molar-refractivity contribution in [1.82, 2.24) is 4.75 Å². The number of hydrogen-bond acceptors (Lipinski definition) is 1. The molecule has 0 aromatic heterocycles. The predicted octanol–water partition coefficient (Wildman–Crippen LogP) is 1.61. The zero-order chi connectivity index (χ0) is 10.2. The van der Waals surface area contributed by atoms with Gasteiger partial charge in [0.2, 0.25) is 0 Å². The Morgan fingerprint density at radius 2 is 1.58 bits per heavy atom. The number of rotatable bonds is 2. The summed E-state index contributed by atoms with van der Waals surface area (Å²) in [5.74, 6) is 0. The molecule has 0 saturated carbocycles. The molecule has 0 aromatic rings. The van der Waals surface area contributed by atoms with Crippen molar-refractivity contribution in [3.63, 3.8) is 0 Å². The van der Waals surface area contributed by atoms with Gasteiger partial charge in [-0.2, -0.15) is 0 Å². The van der Waals surface area contributed by atoms with Crippen molar-refractivity contribution in [2.75, 3.05) is 0 Å². The zero-order valence-corrected chi connectivity index (χ0v) is 10.4. The van der Waals surface area contributed by atoms with Gasteiger partial charge in [-0.3, -0.25) is 20.3 Å². The van der Waals surface area contributed by atoms with E-state index >= 15 is 0 Å². The van der Waals surface area contributed by atoms with Gasteiger partial charge < -0.3 is 0 Å². The first-order valence-electron chi connectivity index (χ1n) is 3.92. The van der Waals surface area contributed by atoms with Crippen LogP contribution in [-0.4, -0.2) is 8.24 Å². The standard InChI is InChI=1S/C6H20N3OPSi/c1-6(2,3)12(4,5)9-11(7,8)10/h1-5H3,(H5,7,8,9,10). The van der Waals surface area contributed by atoms with Crippen LogP contribution in [-0.2, 0) is 4.57 Å². The Morgan fingerprint density at radius 1 is 1.25 bits per heavy atom. The predicted molar refractivity (Wildman–Crippen MR) is 56.3 cm³/mol. The van der Waals surface area contributed by atoms with Crippen molar-refractivity contribution >= 4 is 15.8 Å². The van der Waals surface area contributed by atoms with E-state index in [1.807, 2.05) is 0 Å². The van der Waals surface area contributed by atoms with Gasteiger partial charge in [0.05, 0.1) is 0 Å². The molecule has 5 N–H and O–H groups in total. The van der Waals surface area contributed by atoms with Crippen LogP contribution in [0.5, 0.6) is 0 Å². The number of nitrogens with two attached hydrogens (primary N) is 2. The second-order valence-corrected chi connectivity index (χ2v) is 11.8. The molecule has 4 nitrogen and oxygen atoms in total. The first-order chi connectivity index (χ1) is 4.96. The lowest BCUT2D eigenvalue weighted by Crippen LogP contribution is -2.52. The topological polar surface area (TPSA) is 81.1 Å². The van der Waals surface area contributed by atoms with Gasteiger partial charge in [0, 0.05) is 0 Å². The summed E-state index contributed by atoms with van der Waals surface area (Å²) in [6, 6.07) is 0. The Hall–Kier alpha value is 0.327. The van der Waals surface area contributed by atoms with E-state index in [9.17, 15) is 4.57 Å². The summed E-state index contributed by atoms with van der Waals surface area (Å²) in [5, 5.41) is 0.0986. The lowest BCUT2D eigenvalue weighted by molar-refractivity contribution is 0.572. The van der Waals surface area contributed by atoms with E-state index in [4.69, 9.17) is 11.0 Å². The SMILES string of the molecule is CC(C)(C)[Si](C)(C)NP(N)(N)=O. The van der Waals surface area contributed by atoms with Crippen molar-refractivity contribution < 1.29 is 4.57 Å². The van der Waals surface area contributed by atoms with Crippen LogP contribution < -0.4 is 15.8 Å². The first kappa shape index (κ1) is 12.3. The van der Waals surface area contributed by atoms with Crippen LogP contribution in [0.15, 0.2) is 0 Å². The Labute approximate surface area is 75.7 Å². The highest BCUT2D eigenvalue weighted by molar-refractivity contribution is 7.59. The van der Waals surface area contributed by atoms with Crippen LogP contribution >= 0.6 is 7.59 Å². The fourth-order valence-electron chi connectivity index (χ4n) is 0.605. The minimum atomic E-state index is -3.07. The van der Waals surface area contributed by atoms with Crippen molar-refractivity contribution in [2.24, 2.45) is 11.0 Å². The minimum absolute atomic E-state index is 0.0986. The van der Waals surface area contributed by atoms with E-state index in [1.54, 1.807) is 0 Å². The molecule has 0 aliphatic heterocycles. The van der Waals surface area contributed by atoms with Gasteiger partial charge in [-0.25, -0.2) is 0 Å². The van der Waals surface area contributed by atoms with Gasteiger partial charge in [-0.1, -0.05) is 33.9 Å². The molecule has 0 radical (unpaired) electrons. The van der Waals surface area contributed by atoms with E-state index in [0.29, 0.717) is 0 Å². The zero-order valence-electron chi connectivity index (χ0n) is 8.51. The fraction of sp³-hybridized carbons (Fsp3) is 1.00. The fourth-order valence-corrected chi connectivity index (χ4v) is 5.44. The maximum absolute atomic E-state index is 11.2. The maximum atomic E-state index is 11.2. The van der Waals surface area contributed by atoms with Gasteiger partial charge in [-0.05, 0) is 5.04 Å². The molecule has 6 heteroatoms. The minimum Gasteiger partial charge on any atom is -0.272 e. The summed E-state index contributed by atoms with van der Waals surface area (Å²) >= 11 is 0. The highest BCUT2D eigenvalue weighted by Crippen LogP contribution is 2.38. The van der Waals surface area contributed by atoms with Crippen LogP contribution in [0.25, 0.3) is 0 Å². The van der Waals surface area contributed by atoms with Crippen LogP contribution in [0.3, 0.4) is 0 Å². The lowest BCUT2D eigenvalue weighted by Gasteiger charge is -2.38. The van der Waals surface area contributed by atoms with Gasteiger partial charge in [0.15, 0.2) is 0 Å². The molecule has 0 unspecified atom stereocenters. The highest BCUT2D eigenvalue weighted by Gasteiger charge is 2.38. The highest BCUT2D eigenvalue weighted by atomic mass is 31.2. The van der Waals surface area contributed by atoms with Crippen LogP contribution in [0.4, 0.5) is 0 Å². The van der Waals surface area contributed by atoms with E-state index < -0.39 is 15.8 Å². The van der Waals surface area contributed by atoms with E-state index in [0.717, 1.165) is 0 Å².